The van der Waals surface area contributed by atoms with Gasteiger partial charge in [0.25, 0.3) is 0 Å². The second-order valence-corrected chi connectivity index (χ2v) is 4.97. The zero-order valence-electron chi connectivity index (χ0n) is 10.3. The molecule has 2 rings (SSSR count). The Morgan fingerprint density at radius 1 is 1.41 bits per heavy atom. The number of benzene rings is 1. The molecule has 1 amide bonds. The third-order valence-corrected chi connectivity index (χ3v) is 3.50. The lowest BCUT2D eigenvalue weighted by atomic mass is 10.0. The molecule has 0 atom stereocenters. The molecule has 0 heterocycles. The average Bonchev–Trinajstić information content (AvgIpc) is 2.76. The standard InChI is InChI=1S/C14H20N2O/c1-10-8-12(6-7-13(10)15)16-14(17)9-11-4-2-3-5-11/h6-8,11H,2-5,9,15H2,1H3,(H,16,17). The van der Waals surface area contributed by atoms with Crippen molar-refractivity contribution >= 4 is 17.3 Å². The van der Waals surface area contributed by atoms with E-state index in [1.807, 2.05) is 25.1 Å². The predicted molar refractivity (Wildman–Crippen MR) is 70.8 cm³/mol. The van der Waals surface area contributed by atoms with Crippen LogP contribution in [-0.4, -0.2) is 5.91 Å². The van der Waals surface area contributed by atoms with Gasteiger partial charge in [-0.3, -0.25) is 4.79 Å². The van der Waals surface area contributed by atoms with Gasteiger partial charge in [0.15, 0.2) is 0 Å². The molecule has 0 spiro atoms. The Balaban J connectivity index is 1.90. The third kappa shape index (κ3) is 3.22. The van der Waals surface area contributed by atoms with Gasteiger partial charge < -0.3 is 11.1 Å². The van der Waals surface area contributed by atoms with Crippen LogP contribution in [-0.2, 0) is 4.79 Å². The number of carbonyl (C=O) groups is 1. The first kappa shape index (κ1) is 12.0. The monoisotopic (exact) mass is 232 g/mol. The van der Waals surface area contributed by atoms with Gasteiger partial charge in [0.2, 0.25) is 5.91 Å². The Hall–Kier alpha value is -1.51. The Morgan fingerprint density at radius 3 is 2.76 bits per heavy atom. The van der Waals surface area contributed by atoms with E-state index in [2.05, 4.69) is 5.32 Å². The summed E-state index contributed by atoms with van der Waals surface area (Å²) in [5, 5.41) is 2.94. The van der Waals surface area contributed by atoms with Crippen molar-refractivity contribution in [1.29, 1.82) is 0 Å². The summed E-state index contributed by atoms with van der Waals surface area (Å²) < 4.78 is 0. The Morgan fingerprint density at radius 2 is 2.12 bits per heavy atom. The summed E-state index contributed by atoms with van der Waals surface area (Å²) in [6.45, 7) is 1.95. The molecule has 17 heavy (non-hydrogen) atoms. The van der Waals surface area contributed by atoms with E-state index in [0.29, 0.717) is 12.3 Å². The van der Waals surface area contributed by atoms with Crippen molar-refractivity contribution in [3.05, 3.63) is 23.8 Å². The lowest BCUT2D eigenvalue weighted by molar-refractivity contribution is -0.117. The number of rotatable bonds is 3. The van der Waals surface area contributed by atoms with Crippen molar-refractivity contribution in [1.82, 2.24) is 0 Å². The molecule has 0 bridgehead atoms. The van der Waals surface area contributed by atoms with E-state index in [9.17, 15) is 4.79 Å². The van der Waals surface area contributed by atoms with Crippen LogP contribution in [0.15, 0.2) is 18.2 Å². The maximum absolute atomic E-state index is 11.8. The van der Waals surface area contributed by atoms with Crippen molar-refractivity contribution in [2.45, 2.75) is 39.0 Å². The number of carbonyl (C=O) groups excluding carboxylic acids is 1. The molecule has 0 aliphatic heterocycles. The molecule has 3 nitrogen and oxygen atoms in total. The van der Waals surface area contributed by atoms with Crippen molar-refractivity contribution in [3.63, 3.8) is 0 Å². The maximum Gasteiger partial charge on any atom is 0.224 e. The fraction of sp³-hybridized carbons (Fsp3) is 0.500. The molecule has 1 fully saturated rings. The van der Waals surface area contributed by atoms with Gasteiger partial charge in [-0.05, 0) is 49.4 Å². The minimum atomic E-state index is 0.126. The van der Waals surface area contributed by atoms with Gasteiger partial charge in [0.05, 0.1) is 0 Å². The SMILES string of the molecule is Cc1cc(NC(=O)CC2CCCC2)ccc1N. The van der Waals surface area contributed by atoms with Crippen LogP contribution in [0.3, 0.4) is 0 Å². The highest BCUT2D eigenvalue weighted by Crippen LogP contribution is 2.28. The van der Waals surface area contributed by atoms with Gasteiger partial charge in [-0.15, -0.1) is 0 Å². The predicted octanol–water partition coefficient (Wildman–Crippen LogP) is 3.10. The number of aryl methyl sites for hydroxylation is 1. The summed E-state index contributed by atoms with van der Waals surface area (Å²) >= 11 is 0. The minimum Gasteiger partial charge on any atom is -0.399 e. The summed E-state index contributed by atoms with van der Waals surface area (Å²) in [4.78, 5) is 11.8. The molecule has 3 N–H and O–H groups in total. The van der Waals surface area contributed by atoms with Crippen LogP contribution in [0.2, 0.25) is 0 Å². The van der Waals surface area contributed by atoms with Gasteiger partial charge in [-0.1, -0.05) is 12.8 Å². The van der Waals surface area contributed by atoms with Crippen LogP contribution in [0.4, 0.5) is 11.4 Å². The van der Waals surface area contributed by atoms with E-state index < -0.39 is 0 Å². The molecule has 0 unspecified atom stereocenters. The van der Waals surface area contributed by atoms with Crippen LogP contribution in [0, 0.1) is 12.8 Å². The van der Waals surface area contributed by atoms with Crippen LogP contribution < -0.4 is 11.1 Å². The molecular formula is C14H20N2O. The van der Waals surface area contributed by atoms with Crippen molar-refractivity contribution in [2.24, 2.45) is 5.92 Å². The zero-order valence-corrected chi connectivity index (χ0v) is 10.3. The van der Waals surface area contributed by atoms with Crippen molar-refractivity contribution < 1.29 is 4.79 Å². The molecule has 1 aromatic rings. The van der Waals surface area contributed by atoms with Crippen LogP contribution >= 0.6 is 0 Å². The van der Waals surface area contributed by atoms with Crippen molar-refractivity contribution in [2.75, 3.05) is 11.1 Å². The smallest absolute Gasteiger partial charge is 0.224 e. The van der Waals surface area contributed by atoms with Gasteiger partial charge >= 0.3 is 0 Å². The van der Waals surface area contributed by atoms with E-state index in [4.69, 9.17) is 5.73 Å². The summed E-state index contributed by atoms with van der Waals surface area (Å²) in [6, 6.07) is 5.61. The minimum absolute atomic E-state index is 0.126. The molecule has 1 saturated carbocycles. The fourth-order valence-electron chi connectivity index (χ4n) is 2.44. The normalized spacial score (nSPS) is 16.1. The number of hydrogen-bond donors (Lipinski definition) is 2. The van der Waals surface area contributed by atoms with Gasteiger partial charge in [0, 0.05) is 17.8 Å². The first-order chi connectivity index (χ1) is 8.15. The summed E-state index contributed by atoms with van der Waals surface area (Å²) in [5.74, 6) is 0.714. The number of anilines is 2. The highest BCUT2D eigenvalue weighted by atomic mass is 16.1. The highest BCUT2D eigenvalue weighted by Gasteiger charge is 2.18. The Bertz CT molecular complexity index is 409. The van der Waals surface area contributed by atoms with Crippen LogP contribution in [0.1, 0.15) is 37.7 Å². The summed E-state index contributed by atoms with van der Waals surface area (Å²) in [5.41, 5.74) is 8.35. The van der Waals surface area contributed by atoms with E-state index >= 15 is 0 Å². The lowest BCUT2D eigenvalue weighted by Gasteiger charge is -2.10. The van der Waals surface area contributed by atoms with Gasteiger partial charge in [-0.2, -0.15) is 0 Å². The first-order valence-corrected chi connectivity index (χ1v) is 6.31. The second kappa shape index (κ2) is 5.21. The van der Waals surface area contributed by atoms with E-state index in [1.54, 1.807) is 0 Å². The number of nitrogen functional groups attached to an aromatic ring is 1. The third-order valence-electron chi connectivity index (χ3n) is 3.50. The highest BCUT2D eigenvalue weighted by molar-refractivity contribution is 5.91. The van der Waals surface area contributed by atoms with Gasteiger partial charge in [-0.25, -0.2) is 0 Å². The van der Waals surface area contributed by atoms with E-state index in [1.165, 1.54) is 25.7 Å². The van der Waals surface area contributed by atoms with E-state index in [-0.39, 0.29) is 5.91 Å². The summed E-state index contributed by atoms with van der Waals surface area (Å²) in [6.07, 6.45) is 5.61. The average molecular weight is 232 g/mol. The Labute approximate surface area is 102 Å². The van der Waals surface area contributed by atoms with E-state index in [0.717, 1.165) is 16.9 Å². The number of amides is 1. The molecular weight excluding hydrogens is 212 g/mol. The molecule has 92 valence electrons. The van der Waals surface area contributed by atoms with Crippen LogP contribution in [0.25, 0.3) is 0 Å². The lowest BCUT2D eigenvalue weighted by Crippen LogP contribution is -2.15. The van der Waals surface area contributed by atoms with Gasteiger partial charge in [0.1, 0.15) is 0 Å². The first-order valence-electron chi connectivity index (χ1n) is 6.31. The second-order valence-electron chi connectivity index (χ2n) is 4.97. The maximum atomic E-state index is 11.8. The molecule has 1 aromatic carbocycles. The number of nitrogens with two attached hydrogens (primary N) is 1. The topological polar surface area (TPSA) is 55.1 Å². The number of hydrogen-bond acceptors (Lipinski definition) is 2. The zero-order chi connectivity index (χ0) is 12.3. The quantitative estimate of drug-likeness (QED) is 0.787. The molecule has 1 aliphatic rings. The Kier molecular flexibility index (Phi) is 3.67. The molecule has 0 aromatic heterocycles. The van der Waals surface area contributed by atoms with Crippen LogP contribution in [0.5, 0.6) is 0 Å². The van der Waals surface area contributed by atoms with Crippen molar-refractivity contribution in [3.8, 4) is 0 Å². The molecule has 0 radical (unpaired) electrons. The largest absolute Gasteiger partial charge is 0.399 e. The molecule has 3 heteroatoms. The molecule has 1 aliphatic carbocycles. The fourth-order valence-corrected chi connectivity index (χ4v) is 2.44. The number of nitrogens with one attached hydrogen (secondary N) is 1. The summed E-state index contributed by atoms with van der Waals surface area (Å²) in [7, 11) is 0. The molecule has 0 saturated heterocycles.